The first-order valence-electron chi connectivity index (χ1n) is 9.94. The van der Waals surface area contributed by atoms with Crippen molar-refractivity contribution in [1.29, 1.82) is 0 Å². The van der Waals surface area contributed by atoms with Crippen LogP contribution in [0, 0.1) is 0 Å². The second-order valence-electron chi connectivity index (χ2n) is 6.80. The Hall–Kier alpha value is -3.27. The lowest BCUT2D eigenvalue weighted by Crippen LogP contribution is -2.24. The third-order valence-corrected chi connectivity index (χ3v) is 5.46. The van der Waals surface area contributed by atoms with Gasteiger partial charge in [-0.2, -0.15) is 5.10 Å². The highest BCUT2D eigenvalue weighted by molar-refractivity contribution is 9.10. The predicted octanol–water partition coefficient (Wildman–Crippen LogP) is 5.52. The number of hydrazone groups is 1. The smallest absolute Gasteiger partial charge is 0.343 e. The summed E-state index contributed by atoms with van der Waals surface area (Å²) in [5.74, 6) is 0.288. The fourth-order valence-corrected chi connectivity index (χ4v) is 3.62. The summed E-state index contributed by atoms with van der Waals surface area (Å²) in [4.78, 5) is 24.8. The summed E-state index contributed by atoms with van der Waals surface area (Å²) in [7, 11) is 2.97. The number of esters is 1. The van der Waals surface area contributed by atoms with E-state index in [0.29, 0.717) is 27.8 Å². The fraction of sp³-hybridized carbons (Fsp3) is 0.125. The second-order valence-corrected chi connectivity index (χ2v) is 8.56. The molecule has 0 saturated heterocycles. The van der Waals surface area contributed by atoms with Crippen molar-refractivity contribution in [3.63, 3.8) is 0 Å². The molecule has 3 aromatic carbocycles. The topological polar surface area (TPSA) is 95.5 Å². The SMILES string of the molecule is COc1ccc(C(=O)Oc2ccc(Br)cc2C=NNC(=O)COc2ccc(Cl)cc2Cl)cc1OC. The number of hydrogen-bond acceptors (Lipinski definition) is 7. The standard InChI is InChI=1S/C24H19BrCl2N2O6/c1-32-21-6-3-14(10-22(21)33-2)24(31)35-19-7-4-16(25)9-15(19)12-28-29-23(30)13-34-20-8-5-17(26)11-18(20)27/h3-12H,13H2,1-2H3,(H,29,30). The molecular formula is C24H19BrCl2N2O6. The van der Waals surface area contributed by atoms with E-state index in [1.807, 2.05) is 0 Å². The van der Waals surface area contributed by atoms with Crippen LogP contribution in [-0.2, 0) is 4.79 Å². The second kappa shape index (κ2) is 12.4. The van der Waals surface area contributed by atoms with Crippen LogP contribution >= 0.6 is 39.1 Å². The highest BCUT2D eigenvalue weighted by atomic mass is 79.9. The van der Waals surface area contributed by atoms with Gasteiger partial charge in [-0.05, 0) is 54.6 Å². The minimum atomic E-state index is -0.611. The Bertz CT molecular complexity index is 1270. The Morgan fingerprint density at radius 2 is 1.66 bits per heavy atom. The lowest BCUT2D eigenvalue weighted by molar-refractivity contribution is -0.123. The van der Waals surface area contributed by atoms with Gasteiger partial charge in [0.2, 0.25) is 0 Å². The van der Waals surface area contributed by atoms with Gasteiger partial charge in [0.1, 0.15) is 11.5 Å². The number of nitrogens with zero attached hydrogens (tertiary/aromatic N) is 1. The first kappa shape index (κ1) is 26.3. The van der Waals surface area contributed by atoms with E-state index in [-0.39, 0.29) is 22.9 Å². The summed E-state index contributed by atoms with van der Waals surface area (Å²) in [5.41, 5.74) is 3.05. The van der Waals surface area contributed by atoms with Crippen molar-refractivity contribution >= 4 is 57.2 Å². The van der Waals surface area contributed by atoms with Crippen molar-refractivity contribution in [2.75, 3.05) is 20.8 Å². The fourth-order valence-electron chi connectivity index (χ4n) is 2.78. The number of methoxy groups -OCH3 is 2. The Morgan fingerprint density at radius 3 is 2.37 bits per heavy atom. The molecule has 0 aromatic heterocycles. The Labute approximate surface area is 219 Å². The van der Waals surface area contributed by atoms with Gasteiger partial charge in [0.15, 0.2) is 18.1 Å². The lowest BCUT2D eigenvalue weighted by atomic mass is 10.2. The molecule has 0 unspecified atom stereocenters. The zero-order valence-corrected chi connectivity index (χ0v) is 21.6. The van der Waals surface area contributed by atoms with Crippen LogP contribution in [0.2, 0.25) is 10.0 Å². The van der Waals surface area contributed by atoms with E-state index in [2.05, 4.69) is 26.5 Å². The molecule has 3 rings (SSSR count). The quantitative estimate of drug-likeness (QED) is 0.155. The zero-order chi connectivity index (χ0) is 25.4. The summed E-state index contributed by atoms with van der Waals surface area (Å²) in [6, 6.07) is 14.3. The summed E-state index contributed by atoms with van der Waals surface area (Å²) < 4.78 is 22.0. The first-order chi connectivity index (χ1) is 16.8. The Kier molecular flexibility index (Phi) is 9.36. The van der Waals surface area contributed by atoms with Crippen LogP contribution in [0.25, 0.3) is 0 Å². The molecule has 1 N–H and O–H groups in total. The van der Waals surface area contributed by atoms with Crippen LogP contribution in [0.15, 0.2) is 64.2 Å². The van der Waals surface area contributed by atoms with Gasteiger partial charge in [-0.3, -0.25) is 4.79 Å². The molecule has 11 heteroatoms. The summed E-state index contributed by atoms with van der Waals surface area (Å²) >= 11 is 15.2. The van der Waals surface area contributed by atoms with E-state index in [0.717, 1.165) is 4.47 Å². The van der Waals surface area contributed by atoms with Crippen molar-refractivity contribution in [3.8, 4) is 23.0 Å². The van der Waals surface area contributed by atoms with Crippen LogP contribution in [-0.4, -0.2) is 38.9 Å². The molecule has 8 nitrogen and oxygen atoms in total. The summed E-state index contributed by atoms with van der Waals surface area (Å²) in [6.07, 6.45) is 1.34. The summed E-state index contributed by atoms with van der Waals surface area (Å²) in [5, 5.41) is 4.65. The van der Waals surface area contributed by atoms with Crippen molar-refractivity contribution in [3.05, 3.63) is 80.2 Å². The van der Waals surface area contributed by atoms with Gasteiger partial charge >= 0.3 is 5.97 Å². The average molecular weight is 582 g/mol. The van der Waals surface area contributed by atoms with Gasteiger partial charge < -0.3 is 18.9 Å². The number of nitrogens with one attached hydrogen (secondary N) is 1. The molecule has 3 aromatic rings. The van der Waals surface area contributed by atoms with E-state index in [4.69, 9.17) is 42.1 Å². The molecular weight excluding hydrogens is 563 g/mol. The van der Waals surface area contributed by atoms with Gasteiger partial charge in [0, 0.05) is 15.1 Å². The van der Waals surface area contributed by atoms with Crippen molar-refractivity contribution in [1.82, 2.24) is 5.43 Å². The number of ether oxygens (including phenoxy) is 4. The minimum absolute atomic E-state index is 0.232. The van der Waals surface area contributed by atoms with Crippen molar-refractivity contribution in [2.24, 2.45) is 5.10 Å². The molecule has 182 valence electrons. The molecule has 0 aliphatic carbocycles. The van der Waals surface area contributed by atoms with E-state index < -0.39 is 11.9 Å². The molecule has 0 aliphatic heterocycles. The molecule has 0 atom stereocenters. The maximum absolute atomic E-state index is 12.7. The Morgan fingerprint density at radius 1 is 0.943 bits per heavy atom. The highest BCUT2D eigenvalue weighted by Crippen LogP contribution is 2.29. The lowest BCUT2D eigenvalue weighted by Gasteiger charge is -2.11. The zero-order valence-electron chi connectivity index (χ0n) is 18.5. The number of amides is 1. The van der Waals surface area contributed by atoms with E-state index >= 15 is 0 Å². The highest BCUT2D eigenvalue weighted by Gasteiger charge is 2.15. The largest absolute Gasteiger partial charge is 0.493 e. The van der Waals surface area contributed by atoms with Gasteiger partial charge in [-0.1, -0.05) is 39.1 Å². The molecule has 0 fully saturated rings. The number of benzene rings is 3. The van der Waals surface area contributed by atoms with Gasteiger partial charge in [0.25, 0.3) is 5.91 Å². The monoisotopic (exact) mass is 580 g/mol. The van der Waals surface area contributed by atoms with Crippen LogP contribution in [0.3, 0.4) is 0 Å². The van der Waals surface area contributed by atoms with Gasteiger partial charge in [-0.15, -0.1) is 0 Å². The van der Waals surface area contributed by atoms with Gasteiger partial charge in [0.05, 0.1) is 31.0 Å². The normalized spacial score (nSPS) is 10.7. The minimum Gasteiger partial charge on any atom is -0.493 e. The molecule has 0 saturated carbocycles. The van der Waals surface area contributed by atoms with Crippen LogP contribution in [0.1, 0.15) is 15.9 Å². The molecule has 0 bridgehead atoms. The Balaban J connectivity index is 1.65. The number of carbonyl (C=O) groups is 2. The molecule has 0 heterocycles. The van der Waals surface area contributed by atoms with Crippen LogP contribution in [0.4, 0.5) is 0 Å². The maximum atomic E-state index is 12.7. The third-order valence-electron chi connectivity index (χ3n) is 4.44. The van der Waals surface area contributed by atoms with E-state index in [9.17, 15) is 9.59 Å². The first-order valence-corrected chi connectivity index (χ1v) is 11.5. The average Bonchev–Trinajstić information content (AvgIpc) is 2.84. The van der Waals surface area contributed by atoms with E-state index in [1.165, 1.54) is 32.6 Å². The molecule has 1 amide bonds. The predicted molar refractivity (Wildman–Crippen MR) is 136 cm³/mol. The van der Waals surface area contributed by atoms with Crippen LogP contribution in [0.5, 0.6) is 23.0 Å². The summed E-state index contributed by atoms with van der Waals surface area (Å²) in [6.45, 7) is -0.321. The number of hydrogen-bond donors (Lipinski definition) is 1. The third kappa shape index (κ3) is 7.35. The molecule has 0 aliphatic rings. The molecule has 35 heavy (non-hydrogen) atoms. The van der Waals surface area contributed by atoms with Crippen molar-refractivity contribution in [2.45, 2.75) is 0 Å². The number of rotatable bonds is 9. The van der Waals surface area contributed by atoms with Crippen LogP contribution < -0.4 is 24.4 Å². The number of halogens is 3. The van der Waals surface area contributed by atoms with E-state index in [1.54, 1.807) is 42.5 Å². The maximum Gasteiger partial charge on any atom is 0.343 e. The van der Waals surface area contributed by atoms with Gasteiger partial charge in [-0.25, -0.2) is 10.2 Å². The number of carbonyl (C=O) groups excluding carboxylic acids is 2. The molecule has 0 spiro atoms. The molecule has 0 radical (unpaired) electrons. The van der Waals surface area contributed by atoms with Crippen molar-refractivity contribution < 1.29 is 28.5 Å².